The van der Waals surface area contributed by atoms with Crippen LogP contribution in [0.3, 0.4) is 0 Å². The molecule has 1 saturated heterocycles. The molecule has 0 aromatic carbocycles. The molecule has 0 bridgehead atoms. The van der Waals surface area contributed by atoms with Crippen molar-refractivity contribution >= 4 is 11.8 Å². The summed E-state index contributed by atoms with van der Waals surface area (Å²) in [5.41, 5.74) is 1.04. The minimum absolute atomic E-state index is 0.219. The zero-order valence-corrected chi connectivity index (χ0v) is 11.2. The van der Waals surface area contributed by atoms with Crippen LogP contribution in [0.5, 0.6) is 0 Å². The largest absolute Gasteiger partial charge is 0.374 e. The van der Waals surface area contributed by atoms with Gasteiger partial charge >= 0.3 is 0 Å². The normalized spacial score (nSPS) is 20.7. The first kappa shape index (κ1) is 13.0. The second-order valence-electron chi connectivity index (χ2n) is 4.61. The van der Waals surface area contributed by atoms with Crippen molar-refractivity contribution in [2.24, 2.45) is 0 Å². The quantitative estimate of drug-likeness (QED) is 0.816. The Morgan fingerprint density at radius 2 is 2.39 bits per heavy atom. The topological polar surface area (TPSA) is 62.3 Å². The zero-order chi connectivity index (χ0) is 13.0. The van der Waals surface area contributed by atoms with Crippen LogP contribution in [0, 0.1) is 6.92 Å². The maximum Gasteiger partial charge on any atom is 0.224 e. The summed E-state index contributed by atoms with van der Waals surface area (Å²) in [4.78, 5) is 10.8. The summed E-state index contributed by atoms with van der Waals surface area (Å²) < 4.78 is 5.70. The van der Waals surface area contributed by atoms with Crippen LogP contribution in [0.1, 0.15) is 5.56 Å². The smallest absolute Gasteiger partial charge is 0.224 e. The molecule has 6 heteroatoms. The van der Waals surface area contributed by atoms with Crippen molar-refractivity contribution in [2.45, 2.75) is 13.0 Å². The van der Waals surface area contributed by atoms with E-state index in [2.05, 4.69) is 32.5 Å². The molecular formula is C12H21N5O. The second kappa shape index (κ2) is 5.97. The molecule has 1 aliphatic rings. The van der Waals surface area contributed by atoms with Gasteiger partial charge in [0.25, 0.3) is 0 Å². The summed E-state index contributed by atoms with van der Waals surface area (Å²) in [7, 11) is 3.93. The monoisotopic (exact) mass is 251 g/mol. The Morgan fingerprint density at radius 3 is 3.11 bits per heavy atom. The molecule has 1 fully saturated rings. The van der Waals surface area contributed by atoms with Crippen molar-refractivity contribution in [2.75, 3.05) is 51.0 Å². The van der Waals surface area contributed by atoms with Crippen molar-refractivity contribution in [3.63, 3.8) is 0 Å². The minimum Gasteiger partial charge on any atom is -0.374 e. The predicted octanol–water partition coefficient (Wildman–Crippen LogP) is 0.569. The summed E-state index contributed by atoms with van der Waals surface area (Å²) in [6, 6.07) is 0. The van der Waals surface area contributed by atoms with E-state index in [4.69, 9.17) is 4.74 Å². The lowest BCUT2D eigenvalue weighted by molar-refractivity contribution is -0.0117. The maximum absolute atomic E-state index is 5.70. The molecular weight excluding hydrogens is 230 g/mol. The summed E-state index contributed by atoms with van der Waals surface area (Å²) in [6.45, 7) is 5.53. The number of rotatable bonds is 4. The summed E-state index contributed by atoms with van der Waals surface area (Å²) >= 11 is 0. The lowest BCUT2D eigenvalue weighted by atomic mass is 10.2. The number of aryl methyl sites for hydroxylation is 1. The summed E-state index contributed by atoms with van der Waals surface area (Å²) in [5, 5.41) is 6.27. The SMILES string of the molecule is CNc1ncc(C)c(NCC2CN(C)CCO2)n1. The van der Waals surface area contributed by atoms with E-state index in [-0.39, 0.29) is 6.10 Å². The van der Waals surface area contributed by atoms with Crippen LogP contribution in [0.15, 0.2) is 6.20 Å². The third kappa shape index (κ3) is 3.30. The second-order valence-corrected chi connectivity index (χ2v) is 4.61. The number of hydrogen-bond donors (Lipinski definition) is 2. The number of morpholine rings is 1. The van der Waals surface area contributed by atoms with Gasteiger partial charge in [-0.15, -0.1) is 0 Å². The van der Waals surface area contributed by atoms with Gasteiger partial charge in [0.2, 0.25) is 5.95 Å². The van der Waals surface area contributed by atoms with Gasteiger partial charge in [-0.1, -0.05) is 0 Å². The summed E-state index contributed by atoms with van der Waals surface area (Å²) in [6.07, 6.45) is 2.03. The maximum atomic E-state index is 5.70. The Hall–Kier alpha value is -1.40. The van der Waals surface area contributed by atoms with Crippen molar-refractivity contribution in [3.8, 4) is 0 Å². The van der Waals surface area contributed by atoms with Crippen LogP contribution in [0.4, 0.5) is 11.8 Å². The van der Waals surface area contributed by atoms with E-state index in [0.717, 1.165) is 37.6 Å². The van der Waals surface area contributed by atoms with E-state index >= 15 is 0 Å². The number of anilines is 2. The fourth-order valence-electron chi connectivity index (χ4n) is 1.94. The molecule has 0 amide bonds. The Kier molecular flexibility index (Phi) is 4.33. The van der Waals surface area contributed by atoms with Crippen LogP contribution < -0.4 is 10.6 Å². The van der Waals surface area contributed by atoms with E-state index < -0.39 is 0 Å². The molecule has 0 spiro atoms. The molecule has 0 saturated carbocycles. The van der Waals surface area contributed by atoms with E-state index in [1.165, 1.54) is 0 Å². The highest BCUT2D eigenvalue weighted by molar-refractivity contribution is 5.46. The van der Waals surface area contributed by atoms with Gasteiger partial charge in [-0.25, -0.2) is 4.98 Å². The fraction of sp³-hybridized carbons (Fsp3) is 0.667. The van der Waals surface area contributed by atoms with Gasteiger partial charge in [0.05, 0.1) is 12.7 Å². The van der Waals surface area contributed by atoms with Crippen molar-refractivity contribution in [3.05, 3.63) is 11.8 Å². The molecule has 1 aromatic heterocycles. The molecule has 2 rings (SSSR count). The number of nitrogens with one attached hydrogen (secondary N) is 2. The predicted molar refractivity (Wildman–Crippen MR) is 72.0 cm³/mol. The molecule has 2 heterocycles. The highest BCUT2D eigenvalue weighted by Crippen LogP contribution is 2.13. The number of likely N-dealkylation sites (N-methyl/N-ethyl adjacent to an activating group) is 1. The van der Waals surface area contributed by atoms with Crippen molar-refractivity contribution in [1.29, 1.82) is 0 Å². The highest BCUT2D eigenvalue weighted by Gasteiger charge is 2.17. The molecule has 0 radical (unpaired) electrons. The molecule has 0 aliphatic carbocycles. The van der Waals surface area contributed by atoms with Crippen LogP contribution in [-0.4, -0.2) is 61.3 Å². The molecule has 18 heavy (non-hydrogen) atoms. The molecule has 100 valence electrons. The molecule has 1 aromatic rings. The lowest BCUT2D eigenvalue weighted by Crippen LogP contribution is -2.43. The van der Waals surface area contributed by atoms with E-state index in [1.807, 2.05) is 20.2 Å². The van der Waals surface area contributed by atoms with Gasteiger partial charge in [-0.3, -0.25) is 0 Å². The Labute approximate surface area is 108 Å². The Morgan fingerprint density at radius 1 is 1.56 bits per heavy atom. The van der Waals surface area contributed by atoms with E-state index in [9.17, 15) is 0 Å². The fourth-order valence-corrected chi connectivity index (χ4v) is 1.94. The molecule has 1 aliphatic heterocycles. The third-order valence-electron chi connectivity index (χ3n) is 3.03. The van der Waals surface area contributed by atoms with Crippen LogP contribution in [0.25, 0.3) is 0 Å². The van der Waals surface area contributed by atoms with E-state index in [0.29, 0.717) is 5.95 Å². The number of nitrogens with zero attached hydrogens (tertiary/aromatic N) is 3. The van der Waals surface area contributed by atoms with Gasteiger partial charge in [0.15, 0.2) is 0 Å². The minimum atomic E-state index is 0.219. The Balaban J connectivity index is 1.92. The number of hydrogen-bond acceptors (Lipinski definition) is 6. The third-order valence-corrected chi connectivity index (χ3v) is 3.03. The van der Waals surface area contributed by atoms with Gasteiger partial charge in [0.1, 0.15) is 5.82 Å². The molecule has 2 N–H and O–H groups in total. The van der Waals surface area contributed by atoms with Crippen LogP contribution in [0.2, 0.25) is 0 Å². The molecule has 1 atom stereocenters. The lowest BCUT2D eigenvalue weighted by Gasteiger charge is -2.30. The standard InChI is InChI=1S/C12H21N5O/c1-9-6-15-12(13-2)16-11(9)14-7-10-8-17(3)4-5-18-10/h6,10H,4-5,7-8H2,1-3H3,(H2,13,14,15,16). The van der Waals surface area contributed by atoms with Crippen LogP contribution >= 0.6 is 0 Å². The Bertz CT molecular complexity index is 398. The van der Waals surface area contributed by atoms with Crippen LogP contribution in [-0.2, 0) is 4.74 Å². The van der Waals surface area contributed by atoms with Crippen molar-refractivity contribution in [1.82, 2.24) is 14.9 Å². The van der Waals surface area contributed by atoms with Crippen molar-refractivity contribution < 1.29 is 4.74 Å². The van der Waals surface area contributed by atoms with Gasteiger partial charge < -0.3 is 20.3 Å². The average molecular weight is 251 g/mol. The van der Waals surface area contributed by atoms with Gasteiger partial charge in [0, 0.05) is 38.4 Å². The average Bonchev–Trinajstić information content (AvgIpc) is 2.38. The highest BCUT2D eigenvalue weighted by atomic mass is 16.5. The summed E-state index contributed by atoms with van der Waals surface area (Å²) in [5.74, 6) is 1.50. The molecule has 6 nitrogen and oxygen atoms in total. The number of aromatic nitrogens is 2. The van der Waals surface area contributed by atoms with Gasteiger partial charge in [-0.05, 0) is 14.0 Å². The first-order chi connectivity index (χ1) is 8.69. The first-order valence-corrected chi connectivity index (χ1v) is 6.24. The zero-order valence-electron chi connectivity index (χ0n) is 11.2. The number of ether oxygens (including phenoxy) is 1. The van der Waals surface area contributed by atoms with Gasteiger partial charge in [-0.2, -0.15) is 4.98 Å². The molecule has 1 unspecified atom stereocenters. The van der Waals surface area contributed by atoms with E-state index in [1.54, 1.807) is 0 Å². The first-order valence-electron chi connectivity index (χ1n) is 6.24.